The van der Waals surface area contributed by atoms with Gasteiger partial charge in [-0.2, -0.15) is 8.78 Å². The number of carbonyl (C=O) groups is 3. The van der Waals surface area contributed by atoms with E-state index in [0.717, 1.165) is 15.8 Å². The monoisotopic (exact) mass is 569 g/mol. The van der Waals surface area contributed by atoms with Crippen molar-refractivity contribution in [3.63, 3.8) is 0 Å². The van der Waals surface area contributed by atoms with Crippen molar-refractivity contribution < 1.29 is 32.6 Å². The first-order valence-corrected chi connectivity index (χ1v) is 13.3. The number of amides is 3. The Hall–Kier alpha value is -4.36. The van der Waals surface area contributed by atoms with Gasteiger partial charge >= 0.3 is 6.61 Å². The number of hydrogen-bond donors (Lipinski definition) is 3. The number of rotatable bonds is 10. The number of benzene rings is 1. The molecule has 0 spiro atoms. The SMILES string of the molecule is O=C(NCC(=O)N1C[C@H](OC(F)F)C[C@H]1C(=O)NCc1cc2cnccc2[nH]1)c1cccc(Oc2ccsc2)c1. The van der Waals surface area contributed by atoms with E-state index in [4.69, 9.17) is 4.74 Å². The fraction of sp³-hybridized carbons (Fsp3) is 0.259. The van der Waals surface area contributed by atoms with Gasteiger partial charge in [0.15, 0.2) is 0 Å². The Bertz CT molecular complexity index is 1460. The predicted molar refractivity (Wildman–Crippen MR) is 142 cm³/mol. The number of H-pyrrole nitrogens is 1. The molecule has 0 saturated carbocycles. The van der Waals surface area contributed by atoms with E-state index in [2.05, 4.69) is 25.3 Å². The maximum Gasteiger partial charge on any atom is 0.345 e. The van der Waals surface area contributed by atoms with Gasteiger partial charge in [0, 0.05) is 52.9 Å². The summed E-state index contributed by atoms with van der Waals surface area (Å²) in [4.78, 5) is 47.2. The number of aromatic nitrogens is 2. The molecule has 0 unspecified atom stereocenters. The lowest BCUT2D eigenvalue weighted by Gasteiger charge is -2.24. The normalized spacial score (nSPS) is 16.8. The maximum atomic E-state index is 13.0. The maximum absolute atomic E-state index is 13.0. The minimum Gasteiger partial charge on any atom is -0.456 e. The average molecular weight is 570 g/mol. The quantitative estimate of drug-likeness (QED) is 0.268. The predicted octanol–water partition coefficient (Wildman–Crippen LogP) is 3.67. The Morgan fingerprint density at radius 3 is 2.80 bits per heavy atom. The average Bonchev–Trinajstić information content (AvgIpc) is 3.70. The molecule has 3 amide bonds. The third-order valence-corrected chi connectivity index (χ3v) is 7.00. The number of carbonyl (C=O) groups excluding carboxylic acids is 3. The van der Waals surface area contributed by atoms with Crippen LogP contribution in [0.2, 0.25) is 0 Å². The van der Waals surface area contributed by atoms with Crippen molar-refractivity contribution in [3.05, 3.63) is 76.9 Å². The highest BCUT2D eigenvalue weighted by Crippen LogP contribution is 2.25. The van der Waals surface area contributed by atoms with E-state index in [-0.39, 0.29) is 25.1 Å². The Morgan fingerprint density at radius 1 is 1.15 bits per heavy atom. The molecule has 208 valence electrons. The number of halogens is 2. The van der Waals surface area contributed by atoms with Crippen molar-refractivity contribution in [2.75, 3.05) is 13.1 Å². The first kappa shape index (κ1) is 27.2. The van der Waals surface area contributed by atoms with E-state index >= 15 is 0 Å². The van der Waals surface area contributed by atoms with Crippen LogP contribution in [0.3, 0.4) is 0 Å². The number of alkyl halides is 2. The smallest absolute Gasteiger partial charge is 0.345 e. The van der Waals surface area contributed by atoms with Crippen LogP contribution in [0.4, 0.5) is 8.78 Å². The molecular weight excluding hydrogens is 544 g/mol. The van der Waals surface area contributed by atoms with Crippen LogP contribution in [-0.2, 0) is 20.9 Å². The van der Waals surface area contributed by atoms with Gasteiger partial charge in [0.25, 0.3) is 5.91 Å². The number of pyridine rings is 1. The largest absolute Gasteiger partial charge is 0.456 e. The highest BCUT2D eigenvalue weighted by atomic mass is 32.1. The highest BCUT2D eigenvalue weighted by Gasteiger charge is 2.41. The number of thiophene rings is 1. The van der Waals surface area contributed by atoms with Crippen LogP contribution in [-0.4, -0.2) is 64.4 Å². The Kier molecular flexibility index (Phi) is 8.31. The van der Waals surface area contributed by atoms with Gasteiger partial charge in [-0.05, 0) is 41.8 Å². The second-order valence-corrected chi connectivity index (χ2v) is 9.84. The summed E-state index contributed by atoms with van der Waals surface area (Å²) < 4.78 is 36.1. The topological polar surface area (TPSA) is 126 Å². The fourth-order valence-corrected chi connectivity index (χ4v) is 5.05. The van der Waals surface area contributed by atoms with Crippen molar-refractivity contribution in [3.8, 4) is 11.5 Å². The van der Waals surface area contributed by atoms with Crippen molar-refractivity contribution in [1.82, 2.24) is 25.5 Å². The second kappa shape index (κ2) is 12.2. The molecule has 1 aliphatic heterocycles. The molecule has 4 aromatic rings. The Balaban J connectivity index is 1.20. The summed E-state index contributed by atoms with van der Waals surface area (Å²) in [6.45, 7) is -3.56. The van der Waals surface area contributed by atoms with E-state index in [9.17, 15) is 23.2 Å². The first-order chi connectivity index (χ1) is 19.4. The van der Waals surface area contributed by atoms with Crippen molar-refractivity contribution >= 4 is 40.0 Å². The standard InChI is InChI=1S/C27H25F2N5O5S/c28-27(29)39-21-10-23(26(37)31-12-18-8-17-11-30-6-4-22(17)33-18)34(14-21)24(35)13-32-25(36)16-2-1-3-19(9-16)38-20-5-7-40-15-20/h1-9,11,15,21,23,27,33H,10,12-14H2,(H,31,37)(H,32,36)/t21-,23+/m1/s1. The van der Waals surface area contributed by atoms with Crippen LogP contribution in [0.15, 0.2) is 65.6 Å². The molecule has 40 heavy (non-hydrogen) atoms. The minimum atomic E-state index is -3.05. The lowest BCUT2D eigenvalue weighted by molar-refractivity contribution is -0.160. The van der Waals surface area contributed by atoms with Gasteiger partial charge in [0.2, 0.25) is 11.8 Å². The summed E-state index contributed by atoms with van der Waals surface area (Å²) in [7, 11) is 0. The van der Waals surface area contributed by atoms with E-state index in [1.165, 1.54) is 17.4 Å². The molecule has 10 nitrogen and oxygen atoms in total. The molecule has 13 heteroatoms. The molecule has 3 N–H and O–H groups in total. The third kappa shape index (κ3) is 6.61. The number of nitrogens with zero attached hydrogens (tertiary/aromatic N) is 2. The number of ether oxygens (including phenoxy) is 2. The molecule has 2 atom stereocenters. The fourth-order valence-electron chi connectivity index (χ4n) is 4.50. The van der Waals surface area contributed by atoms with Crippen LogP contribution in [0.25, 0.3) is 10.9 Å². The zero-order chi connectivity index (χ0) is 28.1. The molecule has 1 saturated heterocycles. The van der Waals surface area contributed by atoms with Gasteiger partial charge in [-0.1, -0.05) is 6.07 Å². The number of likely N-dealkylation sites (tertiary alicyclic amines) is 1. The van der Waals surface area contributed by atoms with E-state index in [1.54, 1.807) is 42.7 Å². The number of fused-ring (bicyclic) bond motifs is 1. The molecular formula is C27H25F2N5O5S. The van der Waals surface area contributed by atoms with E-state index in [0.29, 0.717) is 17.2 Å². The van der Waals surface area contributed by atoms with Crippen molar-refractivity contribution in [2.24, 2.45) is 0 Å². The zero-order valence-electron chi connectivity index (χ0n) is 21.0. The molecule has 1 fully saturated rings. The van der Waals surface area contributed by atoms with Crippen LogP contribution >= 0.6 is 11.3 Å². The van der Waals surface area contributed by atoms with Crippen molar-refractivity contribution in [1.29, 1.82) is 0 Å². The highest BCUT2D eigenvalue weighted by molar-refractivity contribution is 7.08. The molecule has 1 aliphatic rings. The van der Waals surface area contributed by atoms with Crippen LogP contribution in [0.5, 0.6) is 11.5 Å². The van der Waals surface area contributed by atoms with Gasteiger partial charge in [-0.25, -0.2) is 0 Å². The zero-order valence-corrected chi connectivity index (χ0v) is 21.8. The lowest BCUT2D eigenvalue weighted by atomic mass is 10.1. The Labute approximate surface area is 231 Å². The minimum absolute atomic E-state index is 0.103. The number of hydrogen-bond acceptors (Lipinski definition) is 7. The molecule has 3 aromatic heterocycles. The van der Waals surface area contributed by atoms with Crippen molar-refractivity contribution in [2.45, 2.75) is 31.7 Å². The molecule has 5 rings (SSSR count). The lowest BCUT2D eigenvalue weighted by Crippen LogP contribution is -2.49. The molecule has 0 aliphatic carbocycles. The van der Waals surface area contributed by atoms with Crippen LogP contribution in [0, 0.1) is 0 Å². The van der Waals surface area contributed by atoms with Gasteiger partial charge < -0.3 is 30.0 Å². The number of aromatic amines is 1. The van der Waals surface area contributed by atoms with E-state index < -0.39 is 43.0 Å². The second-order valence-electron chi connectivity index (χ2n) is 9.06. The van der Waals surface area contributed by atoms with Gasteiger partial charge in [-0.3, -0.25) is 19.4 Å². The molecule has 0 bridgehead atoms. The first-order valence-electron chi connectivity index (χ1n) is 12.4. The summed E-state index contributed by atoms with van der Waals surface area (Å²) in [6.07, 6.45) is 2.19. The third-order valence-electron chi connectivity index (χ3n) is 6.34. The van der Waals surface area contributed by atoms with Gasteiger partial charge in [0.05, 0.1) is 19.2 Å². The summed E-state index contributed by atoms with van der Waals surface area (Å²) >= 11 is 1.47. The van der Waals surface area contributed by atoms with Gasteiger partial charge in [0.1, 0.15) is 17.5 Å². The Morgan fingerprint density at radius 2 is 2.02 bits per heavy atom. The summed E-state index contributed by atoms with van der Waals surface area (Å²) in [5, 5.41) is 9.83. The summed E-state index contributed by atoms with van der Waals surface area (Å²) in [5.74, 6) is -0.561. The molecule has 4 heterocycles. The van der Waals surface area contributed by atoms with Gasteiger partial charge in [-0.15, -0.1) is 11.3 Å². The molecule has 1 aromatic carbocycles. The number of nitrogens with one attached hydrogen (secondary N) is 3. The summed E-state index contributed by atoms with van der Waals surface area (Å²) in [6, 6.07) is 10.8. The molecule has 0 radical (unpaired) electrons. The van der Waals surface area contributed by atoms with Crippen LogP contribution in [0.1, 0.15) is 22.5 Å². The van der Waals surface area contributed by atoms with E-state index in [1.807, 2.05) is 16.8 Å². The van der Waals surface area contributed by atoms with Crippen LogP contribution < -0.4 is 15.4 Å². The summed E-state index contributed by atoms with van der Waals surface area (Å²) in [5.41, 5.74) is 1.83.